The molecule has 2 aromatic carbocycles. The number of hydrogen-bond acceptors (Lipinski definition) is 7. The summed E-state index contributed by atoms with van der Waals surface area (Å²) in [7, 11) is 0. The van der Waals surface area contributed by atoms with Gasteiger partial charge in [-0.1, -0.05) is 56.3 Å². The number of rotatable bonds is 7. The fourth-order valence-corrected chi connectivity index (χ4v) is 6.05. The maximum Gasteiger partial charge on any atom is 0.254 e. The van der Waals surface area contributed by atoms with Crippen molar-refractivity contribution in [2.24, 2.45) is 5.41 Å². The molecule has 0 bridgehead atoms. The molecular formula is C28H30N4O3S2. The van der Waals surface area contributed by atoms with Crippen molar-refractivity contribution in [2.75, 3.05) is 26.3 Å². The van der Waals surface area contributed by atoms with Crippen LogP contribution < -0.4 is 5.32 Å². The van der Waals surface area contributed by atoms with Crippen molar-refractivity contribution in [2.45, 2.75) is 19.8 Å². The number of amides is 2. The van der Waals surface area contributed by atoms with Crippen LogP contribution >= 0.6 is 23.1 Å². The Balaban J connectivity index is 1.60. The lowest BCUT2D eigenvalue weighted by atomic mass is 9.73. The fourth-order valence-electron chi connectivity index (χ4n) is 4.45. The van der Waals surface area contributed by atoms with Gasteiger partial charge in [0.15, 0.2) is 5.17 Å². The van der Waals surface area contributed by atoms with Gasteiger partial charge >= 0.3 is 0 Å². The van der Waals surface area contributed by atoms with Crippen LogP contribution in [-0.4, -0.2) is 53.7 Å². The van der Waals surface area contributed by atoms with Gasteiger partial charge < -0.3 is 20.4 Å². The zero-order valence-electron chi connectivity index (χ0n) is 20.8. The minimum absolute atomic E-state index is 0.0189. The van der Waals surface area contributed by atoms with Gasteiger partial charge in [0.05, 0.1) is 24.2 Å². The number of ether oxygens (including phenoxy) is 1. The van der Waals surface area contributed by atoms with E-state index in [9.17, 15) is 9.59 Å². The van der Waals surface area contributed by atoms with Crippen molar-refractivity contribution in [1.82, 2.24) is 10.2 Å². The van der Waals surface area contributed by atoms with Gasteiger partial charge in [-0.2, -0.15) is 0 Å². The summed E-state index contributed by atoms with van der Waals surface area (Å²) < 4.78 is 5.35. The summed E-state index contributed by atoms with van der Waals surface area (Å²) in [5.41, 5.74) is 2.83. The number of amidine groups is 1. The normalized spacial score (nSPS) is 14.6. The Labute approximate surface area is 225 Å². The Kier molecular flexibility index (Phi) is 8.58. The Morgan fingerprint density at radius 1 is 1.05 bits per heavy atom. The van der Waals surface area contributed by atoms with Crippen molar-refractivity contribution >= 4 is 45.6 Å². The average Bonchev–Trinajstić information content (AvgIpc) is 3.39. The maximum atomic E-state index is 13.3. The quantitative estimate of drug-likeness (QED) is 0.277. The third-order valence-corrected chi connectivity index (χ3v) is 8.12. The van der Waals surface area contributed by atoms with Crippen LogP contribution in [0.4, 0.5) is 0 Å². The third-order valence-electron chi connectivity index (χ3n) is 6.47. The molecule has 4 rings (SSSR count). The summed E-state index contributed by atoms with van der Waals surface area (Å²) in [5.74, 6) is -0.501. The van der Waals surface area contributed by atoms with Gasteiger partial charge in [0.25, 0.3) is 5.91 Å². The van der Waals surface area contributed by atoms with E-state index < -0.39 is 5.41 Å². The first-order valence-corrected chi connectivity index (χ1v) is 13.7. The monoisotopic (exact) mass is 534 g/mol. The van der Waals surface area contributed by atoms with E-state index in [-0.39, 0.29) is 22.9 Å². The highest BCUT2D eigenvalue weighted by atomic mass is 32.2. The van der Waals surface area contributed by atoms with Gasteiger partial charge in [-0.25, -0.2) is 0 Å². The molecule has 2 amide bonds. The van der Waals surface area contributed by atoms with E-state index >= 15 is 0 Å². The molecule has 1 unspecified atom stereocenters. The molecule has 0 saturated carbocycles. The van der Waals surface area contributed by atoms with Crippen molar-refractivity contribution in [3.8, 4) is 10.4 Å². The lowest BCUT2D eigenvalue weighted by Gasteiger charge is -2.33. The zero-order chi connectivity index (χ0) is 26.4. The summed E-state index contributed by atoms with van der Waals surface area (Å²) in [6.45, 7) is 6.13. The van der Waals surface area contributed by atoms with Gasteiger partial charge in [0, 0.05) is 34.3 Å². The van der Waals surface area contributed by atoms with E-state index in [0.29, 0.717) is 31.9 Å². The molecule has 37 heavy (non-hydrogen) atoms. The van der Waals surface area contributed by atoms with Crippen LogP contribution in [0.1, 0.15) is 40.6 Å². The first-order chi connectivity index (χ1) is 17.8. The van der Waals surface area contributed by atoms with E-state index in [1.54, 1.807) is 11.3 Å². The predicted octanol–water partition coefficient (Wildman–Crippen LogP) is 5.44. The number of benzene rings is 2. The minimum Gasteiger partial charge on any atom is -0.378 e. The highest BCUT2D eigenvalue weighted by molar-refractivity contribution is 8.24. The molecule has 9 heteroatoms. The molecule has 7 nitrogen and oxygen atoms in total. The Hall–Kier alpha value is -3.27. The molecule has 1 aliphatic rings. The molecule has 0 radical (unpaired) electrons. The van der Waals surface area contributed by atoms with Crippen molar-refractivity contribution in [3.63, 3.8) is 0 Å². The molecule has 1 aromatic heterocycles. The second-order valence-corrected chi connectivity index (χ2v) is 11.3. The van der Waals surface area contributed by atoms with Crippen LogP contribution in [0, 0.1) is 16.2 Å². The summed E-state index contributed by atoms with van der Waals surface area (Å²) in [6, 6.07) is 21.7. The fraction of sp³-hybridized carbons (Fsp3) is 0.286. The predicted molar refractivity (Wildman–Crippen MR) is 151 cm³/mol. The number of hydrogen-bond donors (Lipinski definition) is 3. The molecule has 192 valence electrons. The summed E-state index contributed by atoms with van der Waals surface area (Å²) in [6.07, 6.45) is 0. The van der Waals surface area contributed by atoms with E-state index in [0.717, 1.165) is 38.2 Å². The second-order valence-electron chi connectivity index (χ2n) is 9.27. The summed E-state index contributed by atoms with van der Waals surface area (Å²) >= 11 is 2.47. The first-order valence-electron chi connectivity index (χ1n) is 12.0. The Bertz CT molecular complexity index is 1270. The van der Waals surface area contributed by atoms with E-state index in [1.165, 1.54) is 0 Å². The van der Waals surface area contributed by atoms with Crippen LogP contribution in [0.15, 0.2) is 66.7 Å². The maximum absolute atomic E-state index is 13.3. The van der Waals surface area contributed by atoms with Gasteiger partial charge in [-0.15, -0.1) is 11.3 Å². The highest BCUT2D eigenvalue weighted by Crippen LogP contribution is 2.45. The van der Waals surface area contributed by atoms with Crippen LogP contribution in [0.25, 0.3) is 10.4 Å². The van der Waals surface area contributed by atoms with E-state index in [4.69, 9.17) is 15.6 Å². The molecule has 1 aliphatic heterocycles. The summed E-state index contributed by atoms with van der Waals surface area (Å²) in [4.78, 5) is 30.0. The topological polar surface area (TPSA) is 106 Å². The average molecular weight is 535 g/mol. The lowest BCUT2D eigenvalue weighted by molar-refractivity contribution is -0.128. The zero-order valence-corrected chi connectivity index (χ0v) is 22.5. The standard InChI is InChI=1S/C28H30N4O3S2/c1-28(2,26(34)31-27(30)36-18-29)24(20-6-4-3-5-7-20)23-13-12-22(37-23)19-8-10-21(11-9-19)25(33)32-14-16-35-17-15-32/h3-13,18,24,29H,14-17H2,1-2H3,(H2,30,31,34). The third kappa shape index (κ3) is 6.18. The molecule has 1 fully saturated rings. The summed E-state index contributed by atoms with van der Waals surface area (Å²) in [5, 5.41) is 17.7. The van der Waals surface area contributed by atoms with Gasteiger partial charge in [0.2, 0.25) is 5.91 Å². The number of nitrogens with zero attached hydrogens (tertiary/aromatic N) is 1. The van der Waals surface area contributed by atoms with Crippen LogP contribution in [0.3, 0.4) is 0 Å². The minimum atomic E-state index is -0.868. The Morgan fingerprint density at radius 3 is 2.38 bits per heavy atom. The number of nitrogens with one attached hydrogen (secondary N) is 3. The number of thiophene rings is 1. The highest BCUT2D eigenvalue weighted by Gasteiger charge is 2.40. The van der Waals surface area contributed by atoms with Gasteiger partial charge in [-0.05, 0) is 47.2 Å². The van der Waals surface area contributed by atoms with Gasteiger partial charge in [0.1, 0.15) is 0 Å². The van der Waals surface area contributed by atoms with Crippen molar-refractivity contribution < 1.29 is 14.3 Å². The van der Waals surface area contributed by atoms with Crippen LogP contribution in [-0.2, 0) is 9.53 Å². The number of carbonyl (C=O) groups is 2. The number of carbonyl (C=O) groups excluding carboxylic acids is 2. The van der Waals surface area contributed by atoms with Crippen LogP contribution in [0.5, 0.6) is 0 Å². The van der Waals surface area contributed by atoms with Gasteiger partial charge in [-0.3, -0.25) is 15.0 Å². The van der Waals surface area contributed by atoms with Crippen molar-refractivity contribution in [1.29, 1.82) is 10.8 Å². The van der Waals surface area contributed by atoms with Crippen molar-refractivity contribution in [3.05, 3.63) is 82.7 Å². The van der Waals surface area contributed by atoms with E-state index in [2.05, 4.69) is 17.4 Å². The molecular weight excluding hydrogens is 504 g/mol. The number of morpholine rings is 1. The molecule has 1 saturated heterocycles. The molecule has 0 spiro atoms. The first kappa shape index (κ1) is 26.8. The molecule has 1 atom stereocenters. The lowest BCUT2D eigenvalue weighted by Crippen LogP contribution is -2.42. The number of thioether (sulfide) groups is 1. The molecule has 3 aromatic rings. The molecule has 0 aliphatic carbocycles. The molecule has 2 heterocycles. The SMILES string of the molecule is CC(C)(C(=O)NC(=N)SC=N)C(c1ccccc1)c1ccc(-c2ccc(C(=O)N3CCOCC3)cc2)s1. The Morgan fingerprint density at radius 2 is 1.73 bits per heavy atom. The van der Waals surface area contributed by atoms with Crippen LogP contribution in [0.2, 0.25) is 0 Å². The second kappa shape index (κ2) is 11.9. The molecule has 3 N–H and O–H groups in total. The smallest absolute Gasteiger partial charge is 0.254 e. The largest absolute Gasteiger partial charge is 0.378 e. The van der Waals surface area contributed by atoms with E-state index in [1.807, 2.05) is 73.3 Å².